The number of anilines is 1. The van der Waals surface area contributed by atoms with Crippen LogP contribution < -0.4 is 11.1 Å². The minimum atomic E-state index is -0.0544. The highest BCUT2D eigenvalue weighted by molar-refractivity contribution is 9.10. The van der Waals surface area contributed by atoms with E-state index in [0.717, 1.165) is 35.2 Å². The number of benzene rings is 1. The Balaban J connectivity index is 2.09. The SMILES string of the molecule is CC1(C)CC(Nc2ccc(C(N)=S)cc2Br)CCO1. The van der Waals surface area contributed by atoms with Crippen LogP contribution in [0.3, 0.4) is 0 Å². The normalized spacial score (nSPS) is 21.9. The van der Waals surface area contributed by atoms with Gasteiger partial charge in [-0.05, 0) is 60.8 Å². The monoisotopic (exact) mass is 342 g/mol. The van der Waals surface area contributed by atoms with Gasteiger partial charge in [-0.1, -0.05) is 12.2 Å². The van der Waals surface area contributed by atoms with E-state index in [1.165, 1.54) is 0 Å². The van der Waals surface area contributed by atoms with Gasteiger partial charge >= 0.3 is 0 Å². The van der Waals surface area contributed by atoms with Crippen LogP contribution in [0.15, 0.2) is 22.7 Å². The minimum absolute atomic E-state index is 0.0544. The first kappa shape index (κ1) is 14.8. The third kappa shape index (κ3) is 3.91. The molecule has 0 saturated carbocycles. The van der Waals surface area contributed by atoms with Gasteiger partial charge in [-0.2, -0.15) is 0 Å². The fourth-order valence-electron chi connectivity index (χ4n) is 2.36. The van der Waals surface area contributed by atoms with Gasteiger partial charge in [0.2, 0.25) is 0 Å². The minimum Gasteiger partial charge on any atom is -0.389 e. The Morgan fingerprint density at radius 2 is 2.26 bits per heavy atom. The maximum Gasteiger partial charge on any atom is 0.104 e. The summed E-state index contributed by atoms with van der Waals surface area (Å²) in [5, 5.41) is 3.56. The van der Waals surface area contributed by atoms with Gasteiger partial charge in [0.05, 0.1) is 5.60 Å². The van der Waals surface area contributed by atoms with E-state index in [4.69, 9.17) is 22.7 Å². The van der Waals surface area contributed by atoms with Crippen molar-refractivity contribution in [1.29, 1.82) is 0 Å². The number of halogens is 1. The third-order valence-electron chi connectivity index (χ3n) is 3.31. The van der Waals surface area contributed by atoms with Gasteiger partial charge < -0.3 is 15.8 Å². The van der Waals surface area contributed by atoms with Gasteiger partial charge in [0, 0.05) is 28.4 Å². The van der Waals surface area contributed by atoms with Crippen molar-refractivity contribution in [3.63, 3.8) is 0 Å². The Morgan fingerprint density at radius 1 is 1.53 bits per heavy atom. The molecule has 3 nitrogen and oxygen atoms in total. The highest BCUT2D eigenvalue weighted by atomic mass is 79.9. The van der Waals surface area contributed by atoms with Crippen molar-refractivity contribution in [2.45, 2.75) is 38.3 Å². The molecular formula is C14H19BrN2OS. The summed E-state index contributed by atoms with van der Waals surface area (Å²) in [4.78, 5) is 0.416. The summed E-state index contributed by atoms with van der Waals surface area (Å²) in [6, 6.07) is 6.34. The van der Waals surface area contributed by atoms with Crippen LogP contribution in [0.5, 0.6) is 0 Å². The van der Waals surface area contributed by atoms with E-state index in [2.05, 4.69) is 35.1 Å². The summed E-state index contributed by atoms with van der Waals surface area (Å²) < 4.78 is 6.72. The average molecular weight is 343 g/mol. The molecule has 0 bridgehead atoms. The summed E-state index contributed by atoms with van der Waals surface area (Å²) in [5.74, 6) is 0. The number of hydrogen-bond acceptors (Lipinski definition) is 3. The zero-order valence-corrected chi connectivity index (χ0v) is 13.6. The Bertz CT molecular complexity index is 490. The molecule has 1 heterocycles. The van der Waals surface area contributed by atoms with E-state index in [0.29, 0.717) is 11.0 Å². The Kier molecular flexibility index (Phi) is 4.48. The van der Waals surface area contributed by atoms with Crippen molar-refractivity contribution in [3.05, 3.63) is 28.2 Å². The van der Waals surface area contributed by atoms with Crippen LogP contribution in [0.2, 0.25) is 0 Å². The van der Waals surface area contributed by atoms with Gasteiger partial charge in [-0.3, -0.25) is 0 Å². The zero-order chi connectivity index (χ0) is 14.0. The van der Waals surface area contributed by atoms with E-state index in [-0.39, 0.29) is 5.60 Å². The maximum atomic E-state index is 5.73. The molecule has 104 valence electrons. The molecule has 3 N–H and O–H groups in total. The molecule has 1 saturated heterocycles. The van der Waals surface area contributed by atoms with Crippen molar-refractivity contribution in [2.24, 2.45) is 5.73 Å². The molecule has 1 unspecified atom stereocenters. The van der Waals surface area contributed by atoms with Gasteiger partial charge in [-0.25, -0.2) is 0 Å². The second-order valence-electron chi connectivity index (χ2n) is 5.50. The van der Waals surface area contributed by atoms with Crippen molar-refractivity contribution < 1.29 is 4.74 Å². The van der Waals surface area contributed by atoms with Crippen LogP contribution in [0.4, 0.5) is 5.69 Å². The maximum absolute atomic E-state index is 5.73. The van der Waals surface area contributed by atoms with Crippen molar-refractivity contribution >= 4 is 38.8 Å². The first-order valence-electron chi connectivity index (χ1n) is 6.37. The van der Waals surface area contributed by atoms with E-state index in [1.54, 1.807) is 0 Å². The molecule has 1 aliphatic heterocycles. The van der Waals surface area contributed by atoms with E-state index in [9.17, 15) is 0 Å². The lowest BCUT2D eigenvalue weighted by molar-refractivity contribution is -0.0553. The number of nitrogens with one attached hydrogen (secondary N) is 1. The molecule has 1 atom stereocenters. The van der Waals surface area contributed by atoms with E-state index < -0.39 is 0 Å². The Hall–Kier alpha value is -0.650. The number of ether oxygens (including phenoxy) is 1. The summed E-state index contributed by atoms with van der Waals surface area (Å²) in [6.45, 7) is 5.06. The largest absolute Gasteiger partial charge is 0.389 e. The molecular weight excluding hydrogens is 324 g/mol. The first-order valence-corrected chi connectivity index (χ1v) is 7.57. The molecule has 19 heavy (non-hydrogen) atoms. The van der Waals surface area contributed by atoms with E-state index in [1.807, 2.05) is 18.2 Å². The van der Waals surface area contributed by atoms with Gasteiger partial charge in [0.1, 0.15) is 4.99 Å². The lowest BCUT2D eigenvalue weighted by Crippen LogP contribution is -2.40. The van der Waals surface area contributed by atoms with Gasteiger partial charge in [0.25, 0.3) is 0 Å². The Labute approximate surface area is 128 Å². The summed E-state index contributed by atoms with van der Waals surface area (Å²) in [6.07, 6.45) is 2.02. The Morgan fingerprint density at radius 3 is 2.84 bits per heavy atom. The summed E-state index contributed by atoms with van der Waals surface area (Å²) in [7, 11) is 0. The second kappa shape index (κ2) is 5.77. The second-order valence-corrected chi connectivity index (χ2v) is 6.80. The molecule has 2 rings (SSSR count). The standard InChI is InChI=1S/C14H19BrN2OS/c1-14(2)8-10(5-6-18-14)17-12-4-3-9(13(16)19)7-11(12)15/h3-4,7,10,17H,5-6,8H2,1-2H3,(H2,16,19). The molecule has 1 aromatic carbocycles. The fraction of sp³-hybridized carbons (Fsp3) is 0.500. The molecule has 0 radical (unpaired) electrons. The average Bonchev–Trinajstić information content (AvgIpc) is 2.30. The molecule has 1 aliphatic rings. The molecule has 5 heteroatoms. The van der Waals surface area contributed by atoms with Crippen LogP contribution in [0.25, 0.3) is 0 Å². The van der Waals surface area contributed by atoms with Gasteiger partial charge in [0.15, 0.2) is 0 Å². The van der Waals surface area contributed by atoms with E-state index >= 15 is 0 Å². The quantitative estimate of drug-likeness (QED) is 0.826. The molecule has 0 amide bonds. The third-order valence-corrected chi connectivity index (χ3v) is 4.20. The molecule has 0 aliphatic carbocycles. The lowest BCUT2D eigenvalue weighted by Gasteiger charge is -2.36. The van der Waals surface area contributed by atoms with Crippen LogP contribution in [0.1, 0.15) is 32.3 Å². The van der Waals surface area contributed by atoms with Crippen molar-refractivity contribution in [3.8, 4) is 0 Å². The summed E-state index contributed by atoms with van der Waals surface area (Å²) >= 11 is 8.54. The molecule has 1 aromatic rings. The highest BCUT2D eigenvalue weighted by Crippen LogP contribution is 2.29. The van der Waals surface area contributed by atoms with Crippen LogP contribution in [-0.4, -0.2) is 23.2 Å². The number of nitrogens with two attached hydrogens (primary N) is 1. The number of thiocarbonyl (C=S) groups is 1. The smallest absolute Gasteiger partial charge is 0.104 e. The predicted octanol–water partition coefficient (Wildman–Crippen LogP) is 3.45. The zero-order valence-electron chi connectivity index (χ0n) is 11.2. The van der Waals surface area contributed by atoms with Crippen LogP contribution in [0, 0.1) is 0 Å². The highest BCUT2D eigenvalue weighted by Gasteiger charge is 2.28. The number of rotatable bonds is 3. The van der Waals surface area contributed by atoms with Crippen LogP contribution in [-0.2, 0) is 4.74 Å². The van der Waals surface area contributed by atoms with Gasteiger partial charge in [-0.15, -0.1) is 0 Å². The predicted molar refractivity (Wildman–Crippen MR) is 86.7 cm³/mol. The molecule has 1 fully saturated rings. The summed E-state index contributed by atoms with van der Waals surface area (Å²) in [5.41, 5.74) is 7.52. The topological polar surface area (TPSA) is 47.3 Å². The first-order chi connectivity index (χ1) is 8.87. The molecule has 0 spiro atoms. The fourth-order valence-corrected chi connectivity index (χ4v) is 2.98. The molecule has 0 aromatic heterocycles. The van der Waals surface area contributed by atoms with Crippen molar-refractivity contribution in [1.82, 2.24) is 0 Å². The van der Waals surface area contributed by atoms with Crippen LogP contribution >= 0.6 is 28.1 Å². The van der Waals surface area contributed by atoms with Crippen molar-refractivity contribution in [2.75, 3.05) is 11.9 Å². The lowest BCUT2D eigenvalue weighted by atomic mass is 9.94. The number of hydrogen-bond donors (Lipinski definition) is 2.